The average Bonchev–Trinajstić information content (AvgIpc) is 2.61. The van der Waals surface area contributed by atoms with Crippen LogP contribution in [0.2, 0.25) is 0 Å². The van der Waals surface area contributed by atoms with Gasteiger partial charge in [-0.2, -0.15) is 0 Å². The zero-order valence-corrected chi connectivity index (χ0v) is 16.4. The van der Waals surface area contributed by atoms with E-state index in [4.69, 9.17) is 4.74 Å². The van der Waals surface area contributed by atoms with Gasteiger partial charge in [0.15, 0.2) is 0 Å². The fourth-order valence-corrected chi connectivity index (χ4v) is 4.68. The number of benzene rings is 2. The summed E-state index contributed by atoms with van der Waals surface area (Å²) >= 11 is 0. The van der Waals surface area contributed by atoms with E-state index in [9.17, 15) is 13.5 Å². The number of nitrogens with zero attached hydrogens (tertiary/aromatic N) is 1. The van der Waals surface area contributed by atoms with Crippen LogP contribution in [0, 0.1) is 0 Å². The third kappa shape index (κ3) is 3.31. The number of hydrogen-bond acceptors (Lipinski definition) is 4. The zero-order chi connectivity index (χ0) is 19.1. The van der Waals surface area contributed by atoms with Crippen molar-refractivity contribution in [2.24, 2.45) is 0 Å². The molecule has 3 rings (SSSR count). The first-order chi connectivity index (χ1) is 12.1. The summed E-state index contributed by atoms with van der Waals surface area (Å²) in [7, 11) is -2.16. The molecule has 0 saturated carbocycles. The van der Waals surface area contributed by atoms with E-state index >= 15 is 0 Å². The maximum absolute atomic E-state index is 13.2. The van der Waals surface area contributed by atoms with Crippen LogP contribution < -0.4 is 9.04 Å². The Bertz CT molecular complexity index is 898. The molecule has 1 aliphatic rings. The predicted molar refractivity (Wildman–Crippen MR) is 102 cm³/mol. The van der Waals surface area contributed by atoms with E-state index in [1.54, 1.807) is 37.4 Å². The van der Waals surface area contributed by atoms with Gasteiger partial charge < -0.3 is 9.84 Å². The fourth-order valence-electron chi connectivity index (χ4n) is 3.17. The van der Waals surface area contributed by atoms with Crippen LogP contribution in [-0.2, 0) is 15.4 Å². The Labute approximate surface area is 155 Å². The van der Waals surface area contributed by atoms with Crippen LogP contribution in [0.25, 0.3) is 0 Å². The molecular formula is C20H25NO4S. The van der Waals surface area contributed by atoms with Crippen molar-refractivity contribution >= 4 is 15.7 Å². The number of anilines is 1. The topological polar surface area (TPSA) is 66.8 Å². The SMILES string of the molecule is COc1ccc2c(c1)C(O)CCN2S(=O)(=O)c1ccc(C(C)(C)C)cc1. The molecule has 0 saturated heterocycles. The van der Waals surface area contributed by atoms with Crippen LogP contribution in [0.1, 0.15) is 44.4 Å². The molecule has 1 aliphatic heterocycles. The molecule has 6 heteroatoms. The lowest BCUT2D eigenvalue weighted by Gasteiger charge is -2.33. The number of methoxy groups -OCH3 is 1. The number of aliphatic hydroxyl groups excluding tert-OH is 1. The number of rotatable bonds is 3. The molecule has 0 amide bonds. The first kappa shape index (κ1) is 18.7. The molecule has 1 atom stereocenters. The molecule has 0 radical (unpaired) electrons. The lowest BCUT2D eigenvalue weighted by atomic mass is 9.87. The molecule has 1 N–H and O–H groups in total. The normalized spacial score (nSPS) is 17.7. The summed E-state index contributed by atoms with van der Waals surface area (Å²) in [6.45, 7) is 6.51. The molecule has 0 aliphatic carbocycles. The van der Waals surface area contributed by atoms with Gasteiger partial charge in [-0.3, -0.25) is 4.31 Å². The molecule has 0 aromatic heterocycles. The van der Waals surface area contributed by atoms with Crippen molar-refractivity contribution in [2.45, 2.75) is 43.6 Å². The average molecular weight is 375 g/mol. The third-order valence-corrected chi connectivity index (χ3v) is 6.60. The molecule has 26 heavy (non-hydrogen) atoms. The Morgan fingerprint density at radius 3 is 2.35 bits per heavy atom. The van der Waals surface area contributed by atoms with Crippen molar-refractivity contribution in [3.63, 3.8) is 0 Å². The molecule has 0 fully saturated rings. The monoisotopic (exact) mass is 375 g/mol. The predicted octanol–water partition coefficient (Wildman–Crippen LogP) is 3.63. The van der Waals surface area contributed by atoms with Gasteiger partial charge in [-0.05, 0) is 47.7 Å². The van der Waals surface area contributed by atoms with Crippen LogP contribution in [0.15, 0.2) is 47.4 Å². The van der Waals surface area contributed by atoms with E-state index in [1.807, 2.05) is 12.1 Å². The molecule has 1 unspecified atom stereocenters. The Morgan fingerprint density at radius 1 is 1.12 bits per heavy atom. The maximum atomic E-state index is 13.2. The highest BCUT2D eigenvalue weighted by molar-refractivity contribution is 7.92. The van der Waals surface area contributed by atoms with Crippen LogP contribution in [0.5, 0.6) is 5.75 Å². The fraction of sp³-hybridized carbons (Fsp3) is 0.400. The van der Waals surface area contributed by atoms with Gasteiger partial charge in [0.2, 0.25) is 0 Å². The highest BCUT2D eigenvalue weighted by atomic mass is 32.2. The number of ether oxygens (including phenoxy) is 1. The first-order valence-electron chi connectivity index (χ1n) is 8.64. The maximum Gasteiger partial charge on any atom is 0.264 e. The van der Waals surface area contributed by atoms with Gasteiger partial charge in [0, 0.05) is 12.1 Å². The van der Waals surface area contributed by atoms with E-state index in [0.29, 0.717) is 23.4 Å². The summed E-state index contributed by atoms with van der Waals surface area (Å²) in [5.41, 5.74) is 2.12. The molecule has 0 spiro atoms. The Balaban J connectivity index is 2.02. The van der Waals surface area contributed by atoms with Crippen molar-refractivity contribution < 1.29 is 18.3 Å². The summed E-state index contributed by atoms with van der Waals surface area (Å²) in [6, 6.07) is 12.1. The van der Waals surface area contributed by atoms with Crippen LogP contribution >= 0.6 is 0 Å². The molecule has 140 valence electrons. The second kappa shape index (κ2) is 6.59. The van der Waals surface area contributed by atoms with E-state index < -0.39 is 16.1 Å². The van der Waals surface area contributed by atoms with Crippen molar-refractivity contribution in [1.29, 1.82) is 0 Å². The van der Waals surface area contributed by atoms with Crippen LogP contribution in [0.4, 0.5) is 5.69 Å². The summed E-state index contributed by atoms with van der Waals surface area (Å²) in [4.78, 5) is 0.253. The van der Waals surface area contributed by atoms with E-state index in [-0.39, 0.29) is 16.9 Å². The van der Waals surface area contributed by atoms with Gasteiger partial charge in [-0.25, -0.2) is 8.42 Å². The quantitative estimate of drug-likeness (QED) is 0.890. The van der Waals surface area contributed by atoms with E-state index in [1.165, 1.54) is 4.31 Å². The molecule has 2 aromatic carbocycles. The van der Waals surface area contributed by atoms with Crippen molar-refractivity contribution in [3.05, 3.63) is 53.6 Å². The third-order valence-electron chi connectivity index (χ3n) is 4.78. The molecule has 5 nitrogen and oxygen atoms in total. The lowest BCUT2D eigenvalue weighted by molar-refractivity contribution is 0.166. The molecule has 2 aromatic rings. The van der Waals surface area contributed by atoms with Gasteiger partial charge in [-0.1, -0.05) is 32.9 Å². The second-order valence-electron chi connectivity index (χ2n) is 7.58. The smallest absolute Gasteiger partial charge is 0.264 e. The van der Waals surface area contributed by atoms with Gasteiger partial charge >= 0.3 is 0 Å². The summed E-state index contributed by atoms with van der Waals surface area (Å²) < 4.78 is 32.9. The van der Waals surface area contributed by atoms with Crippen molar-refractivity contribution in [1.82, 2.24) is 0 Å². The van der Waals surface area contributed by atoms with E-state index in [0.717, 1.165) is 5.56 Å². The first-order valence-corrected chi connectivity index (χ1v) is 10.1. The van der Waals surface area contributed by atoms with Crippen LogP contribution in [-0.4, -0.2) is 27.2 Å². The minimum absolute atomic E-state index is 0.0410. The number of hydrogen-bond donors (Lipinski definition) is 1. The summed E-state index contributed by atoms with van der Waals surface area (Å²) in [6.07, 6.45) is -0.353. The number of fused-ring (bicyclic) bond motifs is 1. The largest absolute Gasteiger partial charge is 0.497 e. The molecular weight excluding hydrogens is 350 g/mol. The van der Waals surface area contributed by atoms with Gasteiger partial charge in [-0.15, -0.1) is 0 Å². The standard InChI is InChI=1S/C20H25NO4S/c1-20(2,3)14-5-8-16(9-6-14)26(23,24)21-12-11-19(22)17-13-15(25-4)7-10-18(17)21/h5-10,13,19,22H,11-12H2,1-4H3. The number of aliphatic hydroxyl groups is 1. The molecule has 1 heterocycles. The van der Waals surface area contributed by atoms with Gasteiger partial charge in [0.05, 0.1) is 23.8 Å². The molecule has 0 bridgehead atoms. The second-order valence-corrected chi connectivity index (χ2v) is 9.44. The Morgan fingerprint density at radius 2 is 1.77 bits per heavy atom. The number of sulfonamides is 1. The Kier molecular flexibility index (Phi) is 4.75. The summed E-state index contributed by atoms with van der Waals surface area (Å²) in [5.74, 6) is 0.594. The lowest BCUT2D eigenvalue weighted by Crippen LogP contribution is -2.36. The summed E-state index contributed by atoms with van der Waals surface area (Å²) in [5, 5.41) is 10.3. The van der Waals surface area contributed by atoms with Gasteiger partial charge in [0.1, 0.15) is 5.75 Å². The minimum atomic E-state index is -3.70. The van der Waals surface area contributed by atoms with Crippen molar-refractivity contribution in [3.8, 4) is 5.75 Å². The zero-order valence-electron chi connectivity index (χ0n) is 15.6. The Hall–Kier alpha value is -2.05. The highest BCUT2D eigenvalue weighted by Gasteiger charge is 2.33. The van der Waals surface area contributed by atoms with Crippen molar-refractivity contribution in [2.75, 3.05) is 18.0 Å². The van der Waals surface area contributed by atoms with Crippen LogP contribution in [0.3, 0.4) is 0 Å². The van der Waals surface area contributed by atoms with Gasteiger partial charge in [0.25, 0.3) is 10.0 Å². The van der Waals surface area contributed by atoms with E-state index in [2.05, 4.69) is 20.8 Å². The highest BCUT2D eigenvalue weighted by Crippen LogP contribution is 2.39. The minimum Gasteiger partial charge on any atom is -0.497 e.